The van der Waals surface area contributed by atoms with Gasteiger partial charge >= 0.3 is 0 Å². The van der Waals surface area contributed by atoms with Crippen LogP contribution in [0.2, 0.25) is 0 Å². The van der Waals surface area contributed by atoms with Crippen LogP contribution in [-0.4, -0.2) is 6.04 Å². The number of benzene rings is 2. The molecule has 0 bridgehead atoms. The molecule has 1 unspecified atom stereocenters. The molecule has 106 valence electrons. The number of nitrogens with two attached hydrogens (primary N) is 1. The van der Waals surface area contributed by atoms with Crippen molar-refractivity contribution in [3.8, 4) is 11.5 Å². The van der Waals surface area contributed by atoms with E-state index < -0.39 is 0 Å². The zero-order valence-electron chi connectivity index (χ0n) is 11.3. The van der Waals surface area contributed by atoms with Crippen molar-refractivity contribution < 1.29 is 4.74 Å². The molecule has 2 rings (SSSR count). The summed E-state index contributed by atoms with van der Waals surface area (Å²) in [7, 11) is 0. The van der Waals surface area contributed by atoms with Gasteiger partial charge in [0.15, 0.2) is 0 Å². The van der Waals surface area contributed by atoms with Gasteiger partial charge in [0.25, 0.3) is 0 Å². The third-order valence-electron chi connectivity index (χ3n) is 3.06. The van der Waals surface area contributed by atoms with Crippen LogP contribution in [0.25, 0.3) is 0 Å². The van der Waals surface area contributed by atoms with E-state index in [-0.39, 0.29) is 6.04 Å². The normalized spacial score (nSPS) is 12.2. The maximum atomic E-state index is 5.98. The van der Waals surface area contributed by atoms with Gasteiger partial charge in [-0.2, -0.15) is 0 Å². The van der Waals surface area contributed by atoms with E-state index in [1.807, 2.05) is 30.3 Å². The zero-order chi connectivity index (χ0) is 14.5. The smallest absolute Gasteiger partial charge is 0.141 e. The highest BCUT2D eigenvalue weighted by atomic mass is 79.9. The van der Waals surface area contributed by atoms with Crippen LogP contribution in [0, 0.1) is 0 Å². The van der Waals surface area contributed by atoms with Crippen molar-refractivity contribution in [2.75, 3.05) is 0 Å². The van der Waals surface area contributed by atoms with Gasteiger partial charge < -0.3 is 10.5 Å². The maximum absolute atomic E-state index is 5.98. The van der Waals surface area contributed by atoms with Gasteiger partial charge in [-0.1, -0.05) is 28.9 Å². The summed E-state index contributed by atoms with van der Waals surface area (Å²) in [5, 5.41) is 0. The van der Waals surface area contributed by atoms with E-state index in [4.69, 9.17) is 10.5 Å². The first-order valence-electron chi connectivity index (χ1n) is 6.56. The third kappa shape index (κ3) is 4.33. The standard InChI is InChI=1S/C16H17Br2NO/c1-2-13(19)9-11-3-8-16(15(18)10-11)20-14-6-4-12(17)5-7-14/h3-8,10,13H,2,9,19H2,1H3. The van der Waals surface area contributed by atoms with Crippen LogP contribution >= 0.6 is 31.9 Å². The van der Waals surface area contributed by atoms with Crippen molar-refractivity contribution in [2.24, 2.45) is 5.73 Å². The van der Waals surface area contributed by atoms with E-state index in [9.17, 15) is 0 Å². The molecule has 2 nitrogen and oxygen atoms in total. The van der Waals surface area contributed by atoms with Gasteiger partial charge in [-0.25, -0.2) is 0 Å². The second-order valence-electron chi connectivity index (χ2n) is 4.69. The number of ether oxygens (including phenoxy) is 1. The summed E-state index contributed by atoms with van der Waals surface area (Å²) in [6.45, 7) is 2.10. The number of halogens is 2. The lowest BCUT2D eigenvalue weighted by molar-refractivity contribution is 0.479. The third-order valence-corrected chi connectivity index (χ3v) is 4.21. The monoisotopic (exact) mass is 397 g/mol. The van der Waals surface area contributed by atoms with Crippen LogP contribution in [0.4, 0.5) is 0 Å². The lowest BCUT2D eigenvalue weighted by Gasteiger charge is -2.12. The van der Waals surface area contributed by atoms with Gasteiger partial charge in [-0.05, 0) is 70.7 Å². The molecule has 0 aliphatic carbocycles. The first kappa shape index (κ1) is 15.5. The summed E-state index contributed by atoms with van der Waals surface area (Å²) in [5.41, 5.74) is 7.20. The summed E-state index contributed by atoms with van der Waals surface area (Å²) in [4.78, 5) is 0. The highest BCUT2D eigenvalue weighted by Crippen LogP contribution is 2.31. The van der Waals surface area contributed by atoms with E-state index >= 15 is 0 Å². The molecule has 0 saturated heterocycles. The van der Waals surface area contributed by atoms with Crippen LogP contribution < -0.4 is 10.5 Å². The molecule has 0 fully saturated rings. The minimum Gasteiger partial charge on any atom is -0.456 e. The second-order valence-corrected chi connectivity index (χ2v) is 6.46. The second kappa shape index (κ2) is 7.25. The van der Waals surface area contributed by atoms with E-state index in [1.165, 1.54) is 5.56 Å². The SMILES string of the molecule is CCC(N)Cc1ccc(Oc2ccc(Br)cc2)c(Br)c1. The molecule has 2 N–H and O–H groups in total. The molecule has 2 aromatic carbocycles. The van der Waals surface area contributed by atoms with E-state index in [2.05, 4.69) is 50.9 Å². The molecule has 0 spiro atoms. The maximum Gasteiger partial charge on any atom is 0.141 e. The van der Waals surface area contributed by atoms with Crippen molar-refractivity contribution >= 4 is 31.9 Å². The summed E-state index contributed by atoms with van der Waals surface area (Å²) >= 11 is 6.96. The number of hydrogen-bond donors (Lipinski definition) is 1. The van der Waals surface area contributed by atoms with Crippen LogP contribution in [-0.2, 0) is 6.42 Å². The van der Waals surface area contributed by atoms with Crippen LogP contribution in [0.1, 0.15) is 18.9 Å². The minimum atomic E-state index is 0.208. The van der Waals surface area contributed by atoms with E-state index in [0.717, 1.165) is 33.3 Å². The highest BCUT2D eigenvalue weighted by Gasteiger charge is 2.07. The molecule has 0 heterocycles. The largest absolute Gasteiger partial charge is 0.456 e. The van der Waals surface area contributed by atoms with Gasteiger partial charge in [0.2, 0.25) is 0 Å². The zero-order valence-corrected chi connectivity index (χ0v) is 14.4. The van der Waals surface area contributed by atoms with Crippen LogP contribution in [0.15, 0.2) is 51.4 Å². The van der Waals surface area contributed by atoms with Crippen LogP contribution in [0.5, 0.6) is 11.5 Å². The lowest BCUT2D eigenvalue weighted by Crippen LogP contribution is -2.21. The molecule has 0 aliphatic heterocycles. The fraction of sp³-hybridized carbons (Fsp3) is 0.250. The van der Waals surface area contributed by atoms with E-state index in [0.29, 0.717) is 0 Å². The quantitative estimate of drug-likeness (QED) is 0.743. The number of rotatable bonds is 5. The molecule has 0 aromatic heterocycles. The summed E-state index contributed by atoms with van der Waals surface area (Å²) in [6.07, 6.45) is 1.86. The predicted octanol–water partition coefficient (Wildman–Crippen LogP) is 5.28. The first-order chi connectivity index (χ1) is 9.58. The van der Waals surface area contributed by atoms with Crippen molar-refractivity contribution in [3.63, 3.8) is 0 Å². The van der Waals surface area contributed by atoms with Crippen molar-refractivity contribution in [3.05, 3.63) is 57.0 Å². The first-order valence-corrected chi connectivity index (χ1v) is 8.14. The van der Waals surface area contributed by atoms with Gasteiger partial charge in [-0.3, -0.25) is 0 Å². The van der Waals surface area contributed by atoms with Gasteiger partial charge in [0.05, 0.1) is 4.47 Å². The molecule has 0 aliphatic rings. The van der Waals surface area contributed by atoms with Crippen molar-refractivity contribution in [1.29, 1.82) is 0 Å². The Hall–Kier alpha value is -0.840. The lowest BCUT2D eigenvalue weighted by atomic mass is 10.0. The summed E-state index contributed by atoms with van der Waals surface area (Å²) < 4.78 is 7.83. The fourth-order valence-corrected chi connectivity index (χ4v) is 2.60. The average molecular weight is 399 g/mol. The molecule has 0 radical (unpaired) electrons. The Balaban J connectivity index is 2.11. The Morgan fingerprint density at radius 2 is 1.80 bits per heavy atom. The van der Waals surface area contributed by atoms with Gasteiger partial charge in [-0.15, -0.1) is 0 Å². The summed E-state index contributed by atoms with van der Waals surface area (Å²) in [5.74, 6) is 1.62. The molecular weight excluding hydrogens is 382 g/mol. The Bertz CT molecular complexity index is 569. The molecule has 1 atom stereocenters. The molecule has 0 saturated carbocycles. The Morgan fingerprint density at radius 1 is 1.10 bits per heavy atom. The highest BCUT2D eigenvalue weighted by molar-refractivity contribution is 9.10. The van der Waals surface area contributed by atoms with Gasteiger partial charge in [0.1, 0.15) is 11.5 Å². The minimum absolute atomic E-state index is 0.208. The Labute approximate surface area is 136 Å². The molecular formula is C16H17Br2NO. The average Bonchev–Trinajstić information content (AvgIpc) is 2.44. The molecule has 2 aromatic rings. The van der Waals surface area contributed by atoms with Crippen molar-refractivity contribution in [1.82, 2.24) is 0 Å². The Morgan fingerprint density at radius 3 is 2.40 bits per heavy atom. The van der Waals surface area contributed by atoms with E-state index in [1.54, 1.807) is 0 Å². The summed E-state index contributed by atoms with van der Waals surface area (Å²) in [6, 6.07) is 14.1. The molecule has 4 heteroatoms. The predicted molar refractivity (Wildman–Crippen MR) is 90.3 cm³/mol. The van der Waals surface area contributed by atoms with Crippen LogP contribution in [0.3, 0.4) is 0 Å². The molecule has 0 amide bonds. The van der Waals surface area contributed by atoms with Gasteiger partial charge in [0, 0.05) is 10.5 Å². The molecule has 20 heavy (non-hydrogen) atoms. The van der Waals surface area contributed by atoms with Crippen molar-refractivity contribution in [2.45, 2.75) is 25.8 Å². The fourth-order valence-electron chi connectivity index (χ4n) is 1.83. The number of hydrogen-bond acceptors (Lipinski definition) is 2. The Kier molecular flexibility index (Phi) is 5.64. The topological polar surface area (TPSA) is 35.2 Å².